The van der Waals surface area contributed by atoms with Crippen LogP contribution in [0.5, 0.6) is 0 Å². The van der Waals surface area contributed by atoms with E-state index in [9.17, 15) is 4.79 Å². The van der Waals surface area contributed by atoms with Gasteiger partial charge in [0.15, 0.2) is 0 Å². The second kappa shape index (κ2) is 7.65. The van der Waals surface area contributed by atoms with Gasteiger partial charge in [0.1, 0.15) is 0 Å². The molecule has 0 aromatic carbocycles. The van der Waals surface area contributed by atoms with Crippen molar-refractivity contribution in [2.45, 2.75) is 39.3 Å². The molecule has 2 N–H and O–H groups in total. The summed E-state index contributed by atoms with van der Waals surface area (Å²) >= 11 is 0. The number of likely N-dealkylation sites (N-methyl/N-ethyl adjacent to an activating group) is 1. The van der Waals surface area contributed by atoms with E-state index in [1.165, 1.54) is 0 Å². The molecule has 0 bridgehead atoms. The van der Waals surface area contributed by atoms with Crippen LogP contribution in [0.3, 0.4) is 0 Å². The van der Waals surface area contributed by atoms with E-state index < -0.39 is 0 Å². The van der Waals surface area contributed by atoms with Crippen LogP contribution in [0.1, 0.15) is 27.2 Å². The molecule has 0 saturated carbocycles. The Morgan fingerprint density at radius 1 is 1.33 bits per heavy atom. The Kier molecular flexibility index (Phi) is 7.34. The molecule has 0 spiro atoms. The summed E-state index contributed by atoms with van der Waals surface area (Å²) in [4.78, 5) is 13.5. The maximum absolute atomic E-state index is 11.4. The van der Waals surface area contributed by atoms with E-state index in [1.807, 2.05) is 14.1 Å². The molecule has 90 valence electrons. The van der Waals surface area contributed by atoms with Gasteiger partial charge in [-0.15, -0.1) is 0 Å². The van der Waals surface area contributed by atoms with Crippen LogP contribution in [0.4, 0.5) is 0 Å². The number of amides is 1. The van der Waals surface area contributed by atoms with Crippen LogP contribution in [0.2, 0.25) is 0 Å². The van der Waals surface area contributed by atoms with Gasteiger partial charge >= 0.3 is 0 Å². The van der Waals surface area contributed by atoms with E-state index in [-0.39, 0.29) is 5.91 Å². The predicted octanol–water partition coefficient (Wildman–Crippen LogP) is 0.441. The molecular formula is C11H25N3O. The van der Waals surface area contributed by atoms with Gasteiger partial charge in [-0.3, -0.25) is 4.79 Å². The summed E-state index contributed by atoms with van der Waals surface area (Å²) in [5.74, 6) is 0.0731. The Morgan fingerprint density at radius 3 is 2.40 bits per heavy atom. The van der Waals surface area contributed by atoms with Gasteiger partial charge in [-0.05, 0) is 34.4 Å². The van der Waals surface area contributed by atoms with Crippen molar-refractivity contribution in [3.8, 4) is 0 Å². The monoisotopic (exact) mass is 215 g/mol. The number of nitrogens with one attached hydrogen (secondary N) is 2. The second-order valence-electron chi connectivity index (χ2n) is 4.31. The lowest BCUT2D eigenvalue weighted by atomic mass is 10.2. The van der Waals surface area contributed by atoms with Gasteiger partial charge in [-0.25, -0.2) is 0 Å². The number of carbonyl (C=O) groups excluding carboxylic acids is 1. The minimum absolute atomic E-state index is 0.0731. The van der Waals surface area contributed by atoms with Crippen LogP contribution in [0.25, 0.3) is 0 Å². The first kappa shape index (κ1) is 14.4. The van der Waals surface area contributed by atoms with Crippen molar-refractivity contribution >= 4 is 5.91 Å². The van der Waals surface area contributed by atoms with Crippen LogP contribution in [0.15, 0.2) is 0 Å². The lowest BCUT2D eigenvalue weighted by Crippen LogP contribution is -2.43. The molecule has 0 aromatic heterocycles. The fourth-order valence-corrected chi connectivity index (χ4v) is 0.918. The van der Waals surface area contributed by atoms with Crippen molar-refractivity contribution in [2.75, 3.05) is 27.2 Å². The van der Waals surface area contributed by atoms with Crippen LogP contribution in [-0.4, -0.2) is 50.1 Å². The van der Waals surface area contributed by atoms with E-state index >= 15 is 0 Å². The summed E-state index contributed by atoms with van der Waals surface area (Å²) in [6.07, 6.45) is 1.04. The largest absolute Gasteiger partial charge is 0.353 e. The van der Waals surface area contributed by atoms with Crippen molar-refractivity contribution in [2.24, 2.45) is 0 Å². The number of hydrogen-bond acceptors (Lipinski definition) is 3. The highest BCUT2D eigenvalue weighted by Gasteiger charge is 2.07. The first-order valence-electron chi connectivity index (χ1n) is 5.63. The maximum atomic E-state index is 11.4. The normalized spacial score (nSPS) is 15.1. The number of rotatable bonds is 7. The van der Waals surface area contributed by atoms with Crippen molar-refractivity contribution in [1.29, 1.82) is 0 Å². The minimum Gasteiger partial charge on any atom is -0.353 e. The highest BCUT2D eigenvalue weighted by atomic mass is 16.1. The molecule has 4 heteroatoms. The lowest BCUT2D eigenvalue weighted by Gasteiger charge is -2.20. The number of nitrogens with zero attached hydrogens (tertiary/aromatic N) is 1. The molecular weight excluding hydrogens is 190 g/mol. The molecule has 0 fully saturated rings. The zero-order valence-corrected chi connectivity index (χ0v) is 10.6. The quantitative estimate of drug-likeness (QED) is 0.648. The smallest absolute Gasteiger partial charge is 0.234 e. The molecule has 1 amide bonds. The fraction of sp³-hybridized carbons (Fsp3) is 0.909. The molecule has 0 aliphatic rings. The fourth-order valence-electron chi connectivity index (χ4n) is 0.918. The molecule has 4 nitrogen and oxygen atoms in total. The molecule has 15 heavy (non-hydrogen) atoms. The van der Waals surface area contributed by atoms with Crippen LogP contribution in [-0.2, 0) is 4.79 Å². The van der Waals surface area contributed by atoms with E-state index in [2.05, 4.69) is 36.3 Å². The van der Waals surface area contributed by atoms with Gasteiger partial charge < -0.3 is 15.5 Å². The van der Waals surface area contributed by atoms with Crippen LogP contribution >= 0.6 is 0 Å². The molecule has 0 aromatic rings. The molecule has 0 aliphatic carbocycles. The summed E-state index contributed by atoms with van der Waals surface area (Å²) in [7, 11) is 4.02. The first-order chi connectivity index (χ1) is 6.97. The molecule has 0 rings (SSSR count). The third-order valence-electron chi connectivity index (χ3n) is 2.70. The molecule has 2 atom stereocenters. The SMILES string of the molecule is CCC(C)NCC(=O)NCC(C)N(C)C. The third-order valence-corrected chi connectivity index (χ3v) is 2.70. The zero-order valence-electron chi connectivity index (χ0n) is 10.6. The average Bonchev–Trinajstić information content (AvgIpc) is 2.21. The van der Waals surface area contributed by atoms with Crippen molar-refractivity contribution < 1.29 is 4.79 Å². The highest BCUT2D eigenvalue weighted by Crippen LogP contribution is 1.89. The molecule has 0 radical (unpaired) electrons. The van der Waals surface area contributed by atoms with E-state index in [1.54, 1.807) is 0 Å². The van der Waals surface area contributed by atoms with E-state index in [0.29, 0.717) is 25.2 Å². The second-order valence-corrected chi connectivity index (χ2v) is 4.31. The Hall–Kier alpha value is -0.610. The maximum Gasteiger partial charge on any atom is 0.234 e. The van der Waals surface area contributed by atoms with Crippen LogP contribution < -0.4 is 10.6 Å². The van der Waals surface area contributed by atoms with Crippen molar-refractivity contribution in [3.05, 3.63) is 0 Å². The van der Waals surface area contributed by atoms with E-state index in [4.69, 9.17) is 0 Å². The Labute approximate surface area is 93.4 Å². The molecule has 0 heterocycles. The Bertz CT molecular complexity index is 183. The van der Waals surface area contributed by atoms with Crippen molar-refractivity contribution in [1.82, 2.24) is 15.5 Å². The lowest BCUT2D eigenvalue weighted by molar-refractivity contribution is -0.120. The van der Waals surface area contributed by atoms with Gasteiger partial charge in [0.25, 0.3) is 0 Å². The van der Waals surface area contributed by atoms with E-state index in [0.717, 1.165) is 6.42 Å². The van der Waals surface area contributed by atoms with Gasteiger partial charge in [0.05, 0.1) is 6.54 Å². The standard InChI is InChI=1S/C11H25N3O/c1-6-9(2)12-8-11(15)13-7-10(3)14(4)5/h9-10,12H,6-8H2,1-5H3,(H,13,15). The Balaban J connectivity index is 3.58. The number of carbonyl (C=O) groups is 1. The Morgan fingerprint density at radius 2 is 1.93 bits per heavy atom. The summed E-state index contributed by atoms with van der Waals surface area (Å²) in [6.45, 7) is 7.38. The molecule has 0 saturated heterocycles. The number of hydrogen-bond donors (Lipinski definition) is 2. The summed E-state index contributed by atoms with van der Waals surface area (Å²) in [5.41, 5.74) is 0. The highest BCUT2D eigenvalue weighted by molar-refractivity contribution is 5.78. The zero-order chi connectivity index (χ0) is 11.8. The van der Waals surface area contributed by atoms with Gasteiger partial charge in [0.2, 0.25) is 5.91 Å². The summed E-state index contributed by atoms with van der Waals surface area (Å²) in [6, 6.07) is 0.777. The van der Waals surface area contributed by atoms with Crippen LogP contribution in [0, 0.1) is 0 Å². The topological polar surface area (TPSA) is 44.4 Å². The molecule has 2 unspecified atom stereocenters. The minimum atomic E-state index is 0.0731. The summed E-state index contributed by atoms with van der Waals surface area (Å²) in [5, 5.41) is 6.06. The van der Waals surface area contributed by atoms with Gasteiger partial charge in [-0.1, -0.05) is 6.92 Å². The van der Waals surface area contributed by atoms with Crippen molar-refractivity contribution in [3.63, 3.8) is 0 Å². The van der Waals surface area contributed by atoms with Gasteiger partial charge in [-0.2, -0.15) is 0 Å². The first-order valence-corrected chi connectivity index (χ1v) is 5.63. The predicted molar refractivity (Wildman–Crippen MR) is 63.9 cm³/mol. The van der Waals surface area contributed by atoms with Gasteiger partial charge in [0, 0.05) is 18.6 Å². The average molecular weight is 215 g/mol. The summed E-state index contributed by atoms with van der Waals surface area (Å²) < 4.78 is 0. The molecule has 0 aliphatic heterocycles. The third kappa shape index (κ3) is 7.33.